The Kier molecular flexibility index (Phi) is 5.45. The van der Waals surface area contributed by atoms with Gasteiger partial charge < -0.3 is 9.73 Å². The van der Waals surface area contributed by atoms with E-state index in [2.05, 4.69) is 39.5 Å². The van der Waals surface area contributed by atoms with Crippen LogP contribution in [0.4, 0.5) is 0 Å². The number of amides is 1. The number of nitrogens with zero attached hydrogens (tertiary/aromatic N) is 2. The second-order valence-electron chi connectivity index (χ2n) is 6.92. The zero-order chi connectivity index (χ0) is 18.6. The van der Waals surface area contributed by atoms with Crippen LogP contribution in [0.3, 0.4) is 0 Å². The fraction of sp³-hybridized carbons (Fsp3) is 0.333. The van der Waals surface area contributed by atoms with Crippen molar-refractivity contribution in [3.8, 4) is 0 Å². The van der Waals surface area contributed by atoms with Crippen molar-refractivity contribution in [1.82, 2.24) is 15.2 Å². The fourth-order valence-corrected chi connectivity index (χ4v) is 4.13. The zero-order valence-electron chi connectivity index (χ0n) is 15.3. The zero-order valence-corrected chi connectivity index (χ0v) is 16.1. The maximum Gasteiger partial charge on any atom is 0.257 e. The SMILES string of the molecule is CC(Sc1nc2ccccc2o1)C(=O)NC1CCN(Cc2ccccc2)C1. The number of hydrogen-bond donors (Lipinski definition) is 1. The number of para-hydroxylation sites is 2. The van der Waals surface area contributed by atoms with E-state index < -0.39 is 0 Å². The third-order valence-corrected chi connectivity index (χ3v) is 5.73. The molecule has 1 saturated heterocycles. The van der Waals surface area contributed by atoms with Crippen LogP contribution in [-0.4, -0.2) is 40.2 Å². The van der Waals surface area contributed by atoms with Crippen LogP contribution in [-0.2, 0) is 11.3 Å². The van der Waals surface area contributed by atoms with E-state index in [1.807, 2.05) is 37.3 Å². The summed E-state index contributed by atoms with van der Waals surface area (Å²) in [5, 5.41) is 3.47. The molecule has 5 nitrogen and oxygen atoms in total. The molecule has 0 bridgehead atoms. The maximum atomic E-state index is 12.6. The van der Waals surface area contributed by atoms with Gasteiger partial charge in [-0.05, 0) is 31.0 Å². The fourth-order valence-electron chi connectivity index (χ4n) is 3.36. The first-order valence-corrected chi connectivity index (χ1v) is 10.1. The largest absolute Gasteiger partial charge is 0.431 e. The third-order valence-electron chi connectivity index (χ3n) is 4.79. The first kappa shape index (κ1) is 18.1. The number of rotatable bonds is 6. The smallest absolute Gasteiger partial charge is 0.257 e. The quantitative estimate of drug-likeness (QED) is 0.660. The van der Waals surface area contributed by atoms with Gasteiger partial charge in [0.25, 0.3) is 5.22 Å². The van der Waals surface area contributed by atoms with Crippen molar-refractivity contribution >= 4 is 28.8 Å². The minimum absolute atomic E-state index is 0.0359. The predicted octanol–water partition coefficient (Wildman–Crippen LogP) is 3.70. The summed E-state index contributed by atoms with van der Waals surface area (Å²) < 4.78 is 5.71. The Bertz CT molecular complexity index is 879. The number of aromatic nitrogens is 1. The summed E-state index contributed by atoms with van der Waals surface area (Å²) in [7, 11) is 0. The highest BCUT2D eigenvalue weighted by Crippen LogP contribution is 2.27. The predicted molar refractivity (Wildman–Crippen MR) is 108 cm³/mol. The van der Waals surface area contributed by atoms with Gasteiger partial charge in [-0.15, -0.1) is 0 Å². The lowest BCUT2D eigenvalue weighted by atomic mass is 10.2. The molecule has 2 heterocycles. The first-order valence-electron chi connectivity index (χ1n) is 9.26. The van der Waals surface area contributed by atoms with E-state index in [9.17, 15) is 4.79 Å². The number of oxazole rings is 1. The third kappa shape index (κ3) is 4.51. The van der Waals surface area contributed by atoms with Crippen LogP contribution in [0.2, 0.25) is 0 Å². The number of fused-ring (bicyclic) bond motifs is 1. The molecule has 140 valence electrons. The Morgan fingerprint density at radius 1 is 1.26 bits per heavy atom. The highest BCUT2D eigenvalue weighted by molar-refractivity contribution is 8.00. The molecule has 0 aliphatic carbocycles. The minimum Gasteiger partial charge on any atom is -0.431 e. The maximum absolute atomic E-state index is 12.6. The molecule has 1 fully saturated rings. The number of carbonyl (C=O) groups excluding carboxylic acids is 1. The van der Waals surface area contributed by atoms with Gasteiger partial charge in [-0.1, -0.05) is 54.2 Å². The van der Waals surface area contributed by atoms with Crippen LogP contribution < -0.4 is 5.32 Å². The lowest BCUT2D eigenvalue weighted by Crippen LogP contribution is -2.40. The molecule has 1 N–H and O–H groups in total. The van der Waals surface area contributed by atoms with Crippen molar-refractivity contribution in [1.29, 1.82) is 0 Å². The number of benzene rings is 2. The Hall–Kier alpha value is -2.31. The van der Waals surface area contributed by atoms with Crippen LogP contribution in [0.1, 0.15) is 18.9 Å². The van der Waals surface area contributed by atoms with Crippen molar-refractivity contribution in [2.75, 3.05) is 13.1 Å². The number of hydrogen-bond acceptors (Lipinski definition) is 5. The summed E-state index contributed by atoms with van der Waals surface area (Å²) in [6.45, 7) is 4.72. The molecule has 6 heteroatoms. The van der Waals surface area contributed by atoms with E-state index in [1.165, 1.54) is 17.3 Å². The molecule has 3 aromatic rings. The summed E-state index contributed by atoms with van der Waals surface area (Å²) in [5.41, 5.74) is 2.88. The van der Waals surface area contributed by atoms with Gasteiger partial charge in [0, 0.05) is 25.7 Å². The van der Waals surface area contributed by atoms with Crippen LogP contribution >= 0.6 is 11.8 Å². The Balaban J connectivity index is 1.28. The van der Waals surface area contributed by atoms with Crippen LogP contribution in [0, 0.1) is 0 Å². The molecule has 4 rings (SSSR count). The molecule has 1 aromatic heterocycles. The Morgan fingerprint density at radius 2 is 2.04 bits per heavy atom. The van der Waals surface area contributed by atoms with Crippen molar-refractivity contribution in [3.05, 3.63) is 60.2 Å². The normalized spacial score (nSPS) is 18.6. The monoisotopic (exact) mass is 381 g/mol. The number of thioether (sulfide) groups is 1. The minimum atomic E-state index is -0.249. The second kappa shape index (κ2) is 8.15. The average Bonchev–Trinajstić information content (AvgIpc) is 3.28. The van der Waals surface area contributed by atoms with Gasteiger partial charge in [0.1, 0.15) is 5.52 Å². The van der Waals surface area contributed by atoms with Gasteiger partial charge in [-0.2, -0.15) is 0 Å². The molecule has 0 spiro atoms. The molecule has 2 atom stereocenters. The van der Waals surface area contributed by atoms with Crippen molar-refractivity contribution in [2.24, 2.45) is 0 Å². The van der Waals surface area contributed by atoms with Crippen molar-refractivity contribution in [2.45, 2.75) is 36.4 Å². The molecular weight excluding hydrogens is 358 g/mol. The number of carbonyl (C=O) groups is 1. The lowest BCUT2D eigenvalue weighted by molar-refractivity contribution is -0.120. The van der Waals surface area contributed by atoms with Gasteiger partial charge in [0.2, 0.25) is 5.91 Å². The van der Waals surface area contributed by atoms with Crippen molar-refractivity contribution in [3.63, 3.8) is 0 Å². The topological polar surface area (TPSA) is 58.4 Å². The van der Waals surface area contributed by atoms with Gasteiger partial charge in [0.15, 0.2) is 5.58 Å². The standard InChI is InChI=1S/C21H23N3O2S/c1-15(27-21-23-18-9-5-6-10-19(18)26-21)20(25)22-17-11-12-24(14-17)13-16-7-3-2-4-8-16/h2-10,15,17H,11-14H2,1H3,(H,22,25). The van der Waals surface area contributed by atoms with E-state index in [1.54, 1.807) is 0 Å². The summed E-state index contributed by atoms with van der Waals surface area (Å²) in [6.07, 6.45) is 0.985. The summed E-state index contributed by atoms with van der Waals surface area (Å²) >= 11 is 1.36. The van der Waals surface area contributed by atoms with Crippen LogP contribution in [0.5, 0.6) is 0 Å². The highest BCUT2D eigenvalue weighted by atomic mass is 32.2. The molecule has 1 aliphatic heterocycles. The Morgan fingerprint density at radius 3 is 2.85 bits per heavy atom. The van der Waals surface area contributed by atoms with Gasteiger partial charge in [-0.25, -0.2) is 4.98 Å². The molecule has 1 amide bonds. The second-order valence-corrected chi connectivity index (χ2v) is 8.21. The highest BCUT2D eigenvalue weighted by Gasteiger charge is 2.26. The van der Waals surface area contributed by atoms with Gasteiger partial charge in [0.05, 0.1) is 5.25 Å². The molecular formula is C21H23N3O2S. The van der Waals surface area contributed by atoms with Crippen LogP contribution in [0.15, 0.2) is 64.2 Å². The molecule has 27 heavy (non-hydrogen) atoms. The Labute approximate surface area is 163 Å². The van der Waals surface area contributed by atoms with E-state index in [-0.39, 0.29) is 17.2 Å². The summed E-state index contributed by atoms with van der Waals surface area (Å²) in [4.78, 5) is 19.4. The summed E-state index contributed by atoms with van der Waals surface area (Å²) in [6, 6.07) is 18.3. The summed E-state index contributed by atoms with van der Waals surface area (Å²) in [5.74, 6) is 0.0359. The first-order chi connectivity index (χ1) is 13.2. The average molecular weight is 382 g/mol. The van der Waals surface area contributed by atoms with E-state index in [0.29, 0.717) is 5.22 Å². The van der Waals surface area contributed by atoms with E-state index in [0.717, 1.165) is 37.2 Å². The van der Waals surface area contributed by atoms with E-state index >= 15 is 0 Å². The molecule has 2 aromatic carbocycles. The van der Waals surface area contributed by atoms with E-state index in [4.69, 9.17) is 4.42 Å². The number of nitrogens with one attached hydrogen (secondary N) is 1. The lowest BCUT2D eigenvalue weighted by Gasteiger charge is -2.18. The number of likely N-dealkylation sites (tertiary alicyclic amines) is 1. The molecule has 0 saturated carbocycles. The van der Waals surface area contributed by atoms with Gasteiger partial charge >= 0.3 is 0 Å². The van der Waals surface area contributed by atoms with Crippen LogP contribution in [0.25, 0.3) is 11.1 Å². The molecule has 1 aliphatic rings. The molecule has 2 unspecified atom stereocenters. The van der Waals surface area contributed by atoms with Gasteiger partial charge in [-0.3, -0.25) is 9.69 Å². The van der Waals surface area contributed by atoms with Crippen molar-refractivity contribution < 1.29 is 9.21 Å². The molecule has 0 radical (unpaired) electrons.